The molecule has 0 aromatic rings. The van der Waals surface area contributed by atoms with Crippen LogP contribution < -0.4 is 5.32 Å². The average Bonchev–Trinajstić information content (AvgIpc) is 1.95. The molecule has 0 radical (unpaired) electrons. The highest BCUT2D eigenvalue weighted by atomic mass is 14.8. The molecule has 1 atom stereocenters. The second-order valence-electron chi connectivity index (χ2n) is 2.96. The molecule has 56 valence electrons. The van der Waals surface area contributed by atoms with Gasteiger partial charge in [0.2, 0.25) is 0 Å². The molecule has 1 unspecified atom stereocenters. The minimum Gasteiger partial charge on any atom is -0.366 e. The molecular formula is C9H15N. The van der Waals surface area contributed by atoms with Gasteiger partial charge in [0, 0.05) is 5.70 Å². The monoisotopic (exact) mass is 137 g/mol. The fourth-order valence-corrected chi connectivity index (χ4v) is 1.23. The fourth-order valence-electron chi connectivity index (χ4n) is 1.23. The van der Waals surface area contributed by atoms with Crippen LogP contribution in [0.5, 0.6) is 0 Å². The van der Waals surface area contributed by atoms with E-state index >= 15 is 0 Å². The number of hydrogen-bond acceptors (Lipinski definition) is 1. The number of allylic oxidation sites excluding steroid dienone is 2. The Morgan fingerprint density at radius 1 is 1.80 bits per heavy atom. The van der Waals surface area contributed by atoms with Crippen LogP contribution in [0.3, 0.4) is 0 Å². The zero-order chi connectivity index (χ0) is 7.40. The van der Waals surface area contributed by atoms with Crippen molar-refractivity contribution < 1.29 is 0 Å². The summed E-state index contributed by atoms with van der Waals surface area (Å²) < 4.78 is 0. The van der Waals surface area contributed by atoms with Crippen molar-refractivity contribution in [3.8, 4) is 0 Å². The SMILES string of the molecule is C=CNC1=CCC(C)CC1. The van der Waals surface area contributed by atoms with Crippen LogP contribution in [0.4, 0.5) is 0 Å². The second kappa shape index (κ2) is 3.45. The first-order valence-electron chi connectivity index (χ1n) is 3.89. The van der Waals surface area contributed by atoms with E-state index in [1.54, 1.807) is 6.20 Å². The summed E-state index contributed by atoms with van der Waals surface area (Å²) in [5, 5.41) is 3.13. The molecule has 0 amide bonds. The Morgan fingerprint density at radius 2 is 2.60 bits per heavy atom. The van der Waals surface area contributed by atoms with E-state index < -0.39 is 0 Å². The molecule has 0 saturated heterocycles. The molecular weight excluding hydrogens is 122 g/mol. The standard InChI is InChI=1S/C9H15N/c1-3-10-9-6-4-8(2)5-7-9/h3,6,8,10H,1,4-5,7H2,2H3. The molecule has 0 aromatic carbocycles. The lowest BCUT2D eigenvalue weighted by molar-refractivity contribution is 0.505. The minimum absolute atomic E-state index is 0.871. The third kappa shape index (κ3) is 1.90. The molecule has 1 N–H and O–H groups in total. The van der Waals surface area contributed by atoms with Crippen molar-refractivity contribution in [3.63, 3.8) is 0 Å². The molecule has 0 bridgehead atoms. The predicted octanol–water partition coefficient (Wildman–Crippen LogP) is 2.42. The molecule has 0 heterocycles. The van der Waals surface area contributed by atoms with Gasteiger partial charge in [-0.05, 0) is 31.4 Å². The maximum absolute atomic E-state index is 3.62. The van der Waals surface area contributed by atoms with Crippen molar-refractivity contribution in [1.82, 2.24) is 5.32 Å². The molecule has 1 rings (SSSR count). The van der Waals surface area contributed by atoms with Crippen LogP contribution >= 0.6 is 0 Å². The largest absolute Gasteiger partial charge is 0.366 e. The van der Waals surface area contributed by atoms with Crippen LogP contribution in [-0.4, -0.2) is 0 Å². The molecule has 0 aromatic heterocycles. The van der Waals surface area contributed by atoms with Crippen molar-refractivity contribution >= 4 is 0 Å². The van der Waals surface area contributed by atoms with Gasteiger partial charge >= 0.3 is 0 Å². The summed E-state index contributed by atoms with van der Waals surface area (Å²) in [7, 11) is 0. The van der Waals surface area contributed by atoms with E-state index in [0.717, 1.165) is 5.92 Å². The van der Waals surface area contributed by atoms with Gasteiger partial charge in [-0.3, -0.25) is 0 Å². The molecule has 10 heavy (non-hydrogen) atoms. The first-order valence-corrected chi connectivity index (χ1v) is 3.89. The van der Waals surface area contributed by atoms with Gasteiger partial charge < -0.3 is 5.32 Å². The quantitative estimate of drug-likeness (QED) is 0.616. The third-order valence-corrected chi connectivity index (χ3v) is 1.96. The summed E-state index contributed by atoms with van der Waals surface area (Å²) in [6, 6.07) is 0. The van der Waals surface area contributed by atoms with E-state index in [1.807, 2.05) is 0 Å². The van der Waals surface area contributed by atoms with E-state index in [9.17, 15) is 0 Å². The molecule has 0 spiro atoms. The van der Waals surface area contributed by atoms with Crippen LogP contribution in [0.15, 0.2) is 24.6 Å². The van der Waals surface area contributed by atoms with Crippen LogP contribution in [0, 0.1) is 5.92 Å². The Labute approximate surface area is 62.8 Å². The van der Waals surface area contributed by atoms with Gasteiger partial charge in [0.25, 0.3) is 0 Å². The first kappa shape index (κ1) is 7.39. The van der Waals surface area contributed by atoms with Gasteiger partial charge in [-0.15, -0.1) is 0 Å². The summed E-state index contributed by atoms with van der Waals surface area (Å²) in [4.78, 5) is 0. The predicted molar refractivity (Wildman–Crippen MR) is 44.4 cm³/mol. The average molecular weight is 137 g/mol. The minimum atomic E-state index is 0.871. The van der Waals surface area contributed by atoms with E-state index in [-0.39, 0.29) is 0 Å². The lowest BCUT2D eigenvalue weighted by Crippen LogP contribution is -2.10. The fraction of sp³-hybridized carbons (Fsp3) is 0.556. The van der Waals surface area contributed by atoms with Crippen molar-refractivity contribution in [2.24, 2.45) is 5.92 Å². The molecule has 0 aliphatic heterocycles. The highest BCUT2D eigenvalue weighted by Crippen LogP contribution is 2.20. The first-order chi connectivity index (χ1) is 4.83. The van der Waals surface area contributed by atoms with Crippen molar-refractivity contribution in [3.05, 3.63) is 24.6 Å². The van der Waals surface area contributed by atoms with Gasteiger partial charge in [-0.1, -0.05) is 19.6 Å². The van der Waals surface area contributed by atoms with Crippen molar-refractivity contribution in [2.45, 2.75) is 26.2 Å². The van der Waals surface area contributed by atoms with E-state index in [0.29, 0.717) is 0 Å². The molecule has 1 heteroatoms. The Kier molecular flexibility index (Phi) is 2.55. The van der Waals surface area contributed by atoms with Crippen molar-refractivity contribution in [2.75, 3.05) is 0 Å². The normalized spacial score (nSPS) is 25.3. The van der Waals surface area contributed by atoms with Gasteiger partial charge in [-0.2, -0.15) is 0 Å². The Hall–Kier alpha value is -0.720. The van der Waals surface area contributed by atoms with E-state index in [1.165, 1.54) is 25.0 Å². The smallest absolute Gasteiger partial charge is 0.0106 e. The highest BCUT2D eigenvalue weighted by molar-refractivity contribution is 5.05. The zero-order valence-electron chi connectivity index (χ0n) is 6.56. The summed E-state index contributed by atoms with van der Waals surface area (Å²) >= 11 is 0. The number of hydrogen-bond donors (Lipinski definition) is 1. The van der Waals surface area contributed by atoms with Crippen molar-refractivity contribution in [1.29, 1.82) is 0 Å². The summed E-state index contributed by atoms with van der Waals surface area (Å²) in [5.74, 6) is 0.871. The lowest BCUT2D eigenvalue weighted by atomic mass is 9.94. The summed E-state index contributed by atoms with van der Waals surface area (Å²) in [6.07, 6.45) is 7.74. The highest BCUT2D eigenvalue weighted by Gasteiger charge is 2.07. The second-order valence-corrected chi connectivity index (χ2v) is 2.96. The Balaban J connectivity index is 2.40. The number of rotatable bonds is 2. The van der Waals surface area contributed by atoms with Crippen LogP contribution in [0.2, 0.25) is 0 Å². The lowest BCUT2D eigenvalue weighted by Gasteiger charge is -2.17. The maximum Gasteiger partial charge on any atom is 0.0106 e. The topological polar surface area (TPSA) is 12.0 Å². The molecule has 0 saturated carbocycles. The van der Waals surface area contributed by atoms with E-state index in [2.05, 4.69) is 24.9 Å². The zero-order valence-corrected chi connectivity index (χ0v) is 6.56. The third-order valence-electron chi connectivity index (χ3n) is 1.96. The Morgan fingerprint density at radius 3 is 3.10 bits per heavy atom. The number of nitrogens with one attached hydrogen (secondary N) is 1. The van der Waals surface area contributed by atoms with E-state index in [4.69, 9.17) is 0 Å². The molecule has 1 aliphatic carbocycles. The Bertz CT molecular complexity index is 147. The van der Waals surface area contributed by atoms with Crippen LogP contribution in [-0.2, 0) is 0 Å². The van der Waals surface area contributed by atoms with Gasteiger partial charge in [0.15, 0.2) is 0 Å². The molecule has 1 nitrogen and oxygen atoms in total. The summed E-state index contributed by atoms with van der Waals surface area (Å²) in [6.45, 7) is 5.91. The summed E-state index contributed by atoms with van der Waals surface area (Å²) in [5.41, 5.74) is 1.34. The van der Waals surface area contributed by atoms with Gasteiger partial charge in [0.05, 0.1) is 0 Å². The maximum atomic E-state index is 3.62. The molecule has 1 aliphatic rings. The van der Waals surface area contributed by atoms with Crippen LogP contribution in [0.25, 0.3) is 0 Å². The van der Waals surface area contributed by atoms with Gasteiger partial charge in [-0.25, -0.2) is 0 Å². The van der Waals surface area contributed by atoms with Crippen LogP contribution in [0.1, 0.15) is 26.2 Å². The van der Waals surface area contributed by atoms with Gasteiger partial charge in [0.1, 0.15) is 0 Å². The molecule has 0 fully saturated rings.